The summed E-state index contributed by atoms with van der Waals surface area (Å²) in [6, 6.07) is 0. The first kappa shape index (κ1) is 12.1. The van der Waals surface area contributed by atoms with Crippen LogP contribution in [0.15, 0.2) is 6.33 Å². The molecule has 17 heavy (non-hydrogen) atoms. The molecule has 0 aliphatic heterocycles. The van der Waals surface area contributed by atoms with Crippen molar-refractivity contribution in [2.75, 3.05) is 17.7 Å². The molecule has 1 saturated carbocycles. The Balaban J connectivity index is 2.20. The summed E-state index contributed by atoms with van der Waals surface area (Å²) < 4.78 is 0. The minimum atomic E-state index is -0.232. The molecule has 1 heterocycles. The van der Waals surface area contributed by atoms with Gasteiger partial charge in [0, 0.05) is 5.56 Å². The average molecular weight is 236 g/mol. The Morgan fingerprint density at radius 1 is 1.35 bits per heavy atom. The minimum Gasteiger partial charge on any atom is -0.394 e. The zero-order chi connectivity index (χ0) is 12.3. The lowest BCUT2D eigenvalue weighted by molar-refractivity contribution is 0.172. The Morgan fingerprint density at radius 2 is 2.06 bits per heavy atom. The molecule has 5 heteroatoms. The maximum absolute atomic E-state index is 9.63. The molecule has 1 aliphatic carbocycles. The van der Waals surface area contributed by atoms with E-state index in [1.165, 1.54) is 12.7 Å². The molecular formula is C12H20N4O. The smallest absolute Gasteiger partial charge is 0.134 e. The van der Waals surface area contributed by atoms with Crippen molar-refractivity contribution < 1.29 is 5.11 Å². The van der Waals surface area contributed by atoms with Crippen LogP contribution in [0.5, 0.6) is 0 Å². The second-order valence-corrected chi connectivity index (χ2v) is 4.86. The molecule has 0 radical (unpaired) electrons. The van der Waals surface area contributed by atoms with Gasteiger partial charge in [-0.3, -0.25) is 0 Å². The maximum Gasteiger partial charge on any atom is 0.134 e. The van der Waals surface area contributed by atoms with E-state index in [4.69, 9.17) is 5.73 Å². The number of hydrogen-bond donors (Lipinski definition) is 3. The van der Waals surface area contributed by atoms with Crippen LogP contribution in [-0.2, 0) is 0 Å². The number of rotatable bonds is 3. The van der Waals surface area contributed by atoms with Crippen LogP contribution in [0.25, 0.3) is 0 Å². The highest BCUT2D eigenvalue weighted by Crippen LogP contribution is 2.32. The van der Waals surface area contributed by atoms with Gasteiger partial charge in [-0.1, -0.05) is 19.3 Å². The summed E-state index contributed by atoms with van der Waals surface area (Å²) in [6.45, 7) is 2.03. The third-order valence-electron chi connectivity index (χ3n) is 3.62. The monoisotopic (exact) mass is 236 g/mol. The van der Waals surface area contributed by atoms with E-state index in [0.717, 1.165) is 37.1 Å². The van der Waals surface area contributed by atoms with Gasteiger partial charge < -0.3 is 16.2 Å². The van der Waals surface area contributed by atoms with Gasteiger partial charge in [-0.05, 0) is 19.8 Å². The number of aliphatic hydroxyl groups excluding tert-OH is 1. The summed E-state index contributed by atoms with van der Waals surface area (Å²) in [7, 11) is 0. The highest BCUT2D eigenvalue weighted by Gasteiger charge is 2.32. The highest BCUT2D eigenvalue weighted by molar-refractivity contribution is 5.55. The molecule has 4 N–H and O–H groups in total. The Morgan fingerprint density at radius 3 is 2.71 bits per heavy atom. The van der Waals surface area contributed by atoms with E-state index >= 15 is 0 Å². The lowest BCUT2D eigenvalue weighted by Crippen LogP contribution is -2.44. The Labute approximate surface area is 101 Å². The molecule has 5 nitrogen and oxygen atoms in total. The molecule has 0 spiro atoms. The fourth-order valence-corrected chi connectivity index (χ4v) is 2.39. The van der Waals surface area contributed by atoms with E-state index in [2.05, 4.69) is 15.3 Å². The number of anilines is 2. The predicted molar refractivity (Wildman–Crippen MR) is 67.7 cm³/mol. The van der Waals surface area contributed by atoms with Gasteiger partial charge in [-0.2, -0.15) is 0 Å². The van der Waals surface area contributed by atoms with Crippen molar-refractivity contribution in [3.8, 4) is 0 Å². The number of hydrogen-bond acceptors (Lipinski definition) is 5. The van der Waals surface area contributed by atoms with Crippen molar-refractivity contribution in [1.29, 1.82) is 0 Å². The average Bonchev–Trinajstić information content (AvgIpc) is 2.36. The van der Waals surface area contributed by atoms with Crippen LogP contribution in [0.4, 0.5) is 11.6 Å². The Hall–Kier alpha value is -1.36. The second kappa shape index (κ2) is 4.87. The topological polar surface area (TPSA) is 84.1 Å². The van der Waals surface area contributed by atoms with Gasteiger partial charge in [0.15, 0.2) is 0 Å². The summed E-state index contributed by atoms with van der Waals surface area (Å²) in [5, 5.41) is 13.0. The first-order valence-corrected chi connectivity index (χ1v) is 6.13. The summed E-state index contributed by atoms with van der Waals surface area (Å²) >= 11 is 0. The molecule has 0 saturated heterocycles. The molecule has 0 atom stereocenters. The van der Waals surface area contributed by atoms with Crippen molar-refractivity contribution in [1.82, 2.24) is 9.97 Å². The maximum atomic E-state index is 9.63. The van der Waals surface area contributed by atoms with Crippen LogP contribution in [0.1, 0.15) is 37.7 Å². The van der Waals surface area contributed by atoms with Crippen molar-refractivity contribution in [2.45, 2.75) is 44.6 Å². The summed E-state index contributed by atoms with van der Waals surface area (Å²) in [6.07, 6.45) is 6.95. The molecule has 0 amide bonds. The van der Waals surface area contributed by atoms with Crippen LogP contribution < -0.4 is 11.1 Å². The van der Waals surface area contributed by atoms with Gasteiger partial charge in [0.05, 0.1) is 12.1 Å². The SMILES string of the molecule is Cc1c(N)ncnc1NC1(CO)CCCCC1. The van der Waals surface area contributed by atoms with Crippen molar-refractivity contribution >= 4 is 11.6 Å². The summed E-state index contributed by atoms with van der Waals surface area (Å²) in [5.74, 6) is 1.24. The molecular weight excluding hydrogens is 216 g/mol. The first-order valence-electron chi connectivity index (χ1n) is 6.13. The van der Waals surface area contributed by atoms with E-state index in [0.29, 0.717) is 5.82 Å². The lowest BCUT2D eigenvalue weighted by atomic mass is 9.82. The molecule has 1 fully saturated rings. The summed E-state index contributed by atoms with van der Waals surface area (Å²) in [4.78, 5) is 8.16. The highest BCUT2D eigenvalue weighted by atomic mass is 16.3. The van der Waals surface area contributed by atoms with E-state index in [9.17, 15) is 5.11 Å². The van der Waals surface area contributed by atoms with Gasteiger partial charge in [-0.15, -0.1) is 0 Å². The minimum absolute atomic E-state index is 0.135. The van der Waals surface area contributed by atoms with Crippen molar-refractivity contribution in [2.24, 2.45) is 0 Å². The summed E-state index contributed by atoms with van der Waals surface area (Å²) in [5.41, 5.74) is 6.38. The standard InChI is InChI=1S/C12H20N4O/c1-9-10(13)14-8-15-11(9)16-12(7-17)5-3-2-4-6-12/h8,17H,2-7H2,1H3,(H3,13,14,15,16). The molecule has 0 aromatic carbocycles. The van der Waals surface area contributed by atoms with Crippen LogP contribution >= 0.6 is 0 Å². The Kier molecular flexibility index (Phi) is 3.47. The third-order valence-corrected chi connectivity index (χ3v) is 3.62. The number of nitrogen functional groups attached to an aromatic ring is 1. The van der Waals surface area contributed by atoms with Crippen molar-refractivity contribution in [3.63, 3.8) is 0 Å². The molecule has 0 unspecified atom stereocenters. The van der Waals surface area contributed by atoms with Gasteiger partial charge >= 0.3 is 0 Å². The number of aromatic nitrogens is 2. The van der Waals surface area contributed by atoms with E-state index in [-0.39, 0.29) is 12.1 Å². The molecule has 0 bridgehead atoms. The predicted octanol–water partition coefficient (Wildman–Crippen LogP) is 1.47. The third kappa shape index (κ3) is 2.49. The van der Waals surface area contributed by atoms with E-state index < -0.39 is 0 Å². The van der Waals surface area contributed by atoms with Gasteiger partial charge in [0.25, 0.3) is 0 Å². The number of nitrogens with one attached hydrogen (secondary N) is 1. The molecule has 94 valence electrons. The second-order valence-electron chi connectivity index (χ2n) is 4.86. The fraction of sp³-hybridized carbons (Fsp3) is 0.667. The molecule has 2 rings (SSSR count). The van der Waals surface area contributed by atoms with E-state index in [1.54, 1.807) is 0 Å². The largest absolute Gasteiger partial charge is 0.394 e. The van der Waals surface area contributed by atoms with Gasteiger partial charge in [-0.25, -0.2) is 9.97 Å². The molecule has 1 aromatic rings. The van der Waals surface area contributed by atoms with Crippen molar-refractivity contribution in [3.05, 3.63) is 11.9 Å². The van der Waals surface area contributed by atoms with Crippen LogP contribution in [-0.4, -0.2) is 27.2 Å². The van der Waals surface area contributed by atoms with Gasteiger partial charge in [0.2, 0.25) is 0 Å². The number of aliphatic hydroxyl groups is 1. The van der Waals surface area contributed by atoms with E-state index in [1.807, 2.05) is 6.92 Å². The lowest BCUT2D eigenvalue weighted by Gasteiger charge is -2.37. The molecule has 1 aliphatic rings. The van der Waals surface area contributed by atoms with Crippen LogP contribution in [0.3, 0.4) is 0 Å². The normalized spacial score (nSPS) is 18.9. The fourth-order valence-electron chi connectivity index (χ4n) is 2.39. The number of nitrogens with two attached hydrogens (primary N) is 1. The zero-order valence-corrected chi connectivity index (χ0v) is 10.2. The molecule has 1 aromatic heterocycles. The van der Waals surface area contributed by atoms with Crippen LogP contribution in [0, 0.1) is 6.92 Å². The zero-order valence-electron chi connectivity index (χ0n) is 10.2. The Bertz CT molecular complexity index is 388. The quantitative estimate of drug-likeness (QED) is 0.740. The number of nitrogens with zero attached hydrogens (tertiary/aromatic N) is 2. The van der Waals surface area contributed by atoms with Crippen LogP contribution in [0.2, 0.25) is 0 Å². The van der Waals surface area contributed by atoms with Gasteiger partial charge in [0.1, 0.15) is 18.0 Å². The first-order chi connectivity index (χ1) is 8.17.